The molecule has 0 atom stereocenters. The predicted molar refractivity (Wildman–Crippen MR) is 65.4 cm³/mol. The van der Waals surface area contributed by atoms with Crippen molar-refractivity contribution in [3.63, 3.8) is 0 Å². The Kier molecular flexibility index (Phi) is 4.52. The number of rotatable bonds is 4. The van der Waals surface area contributed by atoms with Gasteiger partial charge in [-0.05, 0) is 50.7 Å². The van der Waals surface area contributed by atoms with Gasteiger partial charge < -0.3 is 9.84 Å². The van der Waals surface area contributed by atoms with Gasteiger partial charge in [0.1, 0.15) is 5.75 Å². The fourth-order valence-corrected chi connectivity index (χ4v) is 2.62. The first-order valence-corrected chi connectivity index (χ1v) is 5.70. The average Bonchev–Trinajstić information content (AvgIpc) is 2.14. The quantitative estimate of drug-likeness (QED) is 0.639. The molecule has 4 nitrogen and oxygen atoms in total. The Labute approximate surface area is 108 Å². The summed E-state index contributed by atoms with van der Waals surface area (Å²) in [7, 11) is 0. The van der Waals surface area contributed by atoms with E-state index in [0.717, 1.165) is 3.57 Å². The Bertz CT molecular complexity index is 405. The summed E-state index contributed by atoms with van der Waals surface area (Å²) in [5, 5.41) is 8.45. The van der Waals surface area contributed by atoms with Gasteiger partial charge in [-0.1, -0.05) is 0 Å². The molecule has 0 unspecified atom stereocenters. The van der Waals surface area contributed by atoms with E-state index in [0.29, 0.717) is 16.3 Å². The second-order valence-electron chi connectivity index (χ2n) is 2.61. The van der Waals surface area contributed by atoms with Gasteiger partial charge in [-0.15, -0.1) is 0 Å². The van der Waals surface area contributed by atoms with E-state index in [9.17, 15) is 9.59 Å². The number of hydrogen-bond acceptors (Lipinski definition) is 3. The minimum absolute atomic E-state index is 0.257. The van der Waals surface area contributed by atoms with E-state index in [-0.39, 0.29) is 5.75 Å². The van der Waals surface area contributed by atoms with Crippen LogP contribution in [0.4, 0.5) is 0 Å². The minimum Gasteiger partial charge on any atom is -0.480 e. The van der Waals surface area contributed by atoms with Gasteiger partial charge in [0.2, 0.25) is 0 Å². The maximum atomic E-state index is 10.7. The number of aldehydes is 1. The van der Waals surface area contributed by atoms with Crippen LogP contribution >= 0.6 is 38.5 Å². The molecule has 0 aliphatic rings. The molecule has 1 aromatic carbocycles. The highest BCUT2D eigenvalue weighted by atomic mass is 127. The lowest BCUT2D eigenvalue weighted by molar-refractivity contribution is -0.139. The van der Waals surface area contributed by atoms with Crippen molar-refractivity contribution in [2.45, 2.75) is 0 Å². The standard InChI is InChI=1S/C9H6BrIO4/c10-7-2-6(11)1-5(3-12)9(7)15-4-8(13)14/h1-3H,4H2,(H,13,14). The van der Waals surface area contributed by atoms with E-state index in [1.54, 1.807) is 12.1 Å². The number of carbonyl (C=O) groups is 2. The van der Waals surface area contributed by atoms with Crippen molar-refractivity contribution in [1.82, 2.24) is 0 Å². The van der Waals surface area contributed by atoms with Crippen molar-refractivity contribution >= 4 is 50.8 Å². The first-order valence-electron chi connectivity index (χ1n) is 3.83. The van der Waals surface area contributed by atoms with Gasteiger partial charge in [-0.25, -0.2) is 4.79 Å². The smallest absolute Gasteiger partial charge is 0.341 e. The Morgan fingerprint density at radius 1 is 1.60 bits per heavy atom. The third-order valence-corrected chi connectivity index (χ3v) is 2.72. The van der Waals surface area contributed by atoms with E-state index in [1.165, 1.54) is 0 Å². The predicted octanol–water partition coefficient (Wildman–Crippen LogP) is 2.33. The second-order valence-corrected chi connectivity index (χ2v) is 4.71. The normalized spacial score (nSPS) is 9.73. The summed E-state index contributed by atoms with van der Waals surface area (Å²) in [5.41, 5.74) is 0.329. The number of carboxylic acid groups (broad SMARTS) is 1. The topological polar surface area (TPSA) is 63.6 Å². The van der Waals surface area contributed by atoms with Crippen molar-refractivity contribution in [3.05, 3.63) is 25.7 Å². The van der Waals surface area contributed by atoms with Crippen LogP contribution in [0.1, 0.15) is 10.4 Å². The fraction of sp³-hybridized carbons (Fsp3) is 0.111. The van der Waals surface area contributed by atoms with Crippen molar-refractivity contribution in [2.75, 3.05) is 6.61 Å². The van der Waals surface area contributed by atoms with E-state index in [4.69, 9.17) is 9.84 Å². The van der Waals surface area contributed by atoms with Gasteiger partial charge in [0.15, 0.2) is 12.9 Å². The maximum Gasteiger partial charge on any atom is 0.341 e. The molecule has 15 heavy (non-hydrogen) atoms. The monoisotopic (exact) mass is 384 g/mol. The number of halogens is 2. The first kappa shape index (κ1) is 12.4. The van der Waals surface area contributed by atoms with Gasteiger partial charge in [0.25, 0.3) is 0 Å². The third kappa shape index (κ3) is 3.45. The molecule has 0 heterocycles. The molecule has 1 N–H and O–H groups in total. The lowest BCUT2D eigenvalue weighted by Gasteiger charge is -2.08. The Hall–Kier alpha value is -0.630. The molecule has 0 radical (unpaired) electrons. The summed E-state index contributed by atoms with van der Waals surface area (Å²) >= 11 is 5.26. The van der Waals surface area contributed by atoms with Gasteiger partial charge in [-0.2, -0.15) is 0 Å². The molecule has 0 spiro atoms. The summed E-state index contributed by atoms with van der Waals surface area (Å²) in [6.07, 6.45) is 0.629. The van der Waals surface area contributed by atoms with Crippen molar-refractivity contribution < 1.29 is 19.4 Å². The molecule has 0 fully saturated rings. The largest absolute Gasteiger partial charge is 0.480 e. The molecule has 0 aliphatic carbocycles. The Balaban J connectivity index is 3.04. The van der Waals surface area contributed by atoms with E-state index >= 15 is 0 Å². The molecule has 0 saturated carbocycles. The zero-order chi connectivity index (χ0) is 11.4. The van der Waals surface area contributed by atoms with Crippen molar-refractivity contribution in [2.24, 2.45) is 0 Å². The molecule has 0 aliphatic heterocycles. The molecule has 80 valence electrons. The number of carboxylic acids is 1. The van der Waals surface area contributed by atoms with E-state index in [1.807, 2.05) is 0 Å². The summed E-state index contributed by atoms with van der Waals surface area (Å²) in [6.45, 7) is -0.472. The van der Waals surface area contributed by atoms with Gasteiger partial charge >= 0.3 is 5.97 Å². The van der Waals surface area contributed by atoms with Crippen LogP contribution in [-0.4, -0.2) is 24.0 Å². The lowest BCUT2D eigenvalue weighted by Crippen LogP contribution is -2.11. The number of ether oxygens (including phenoxy) is 1. The molecular formula is C9H6BrIO4. The molecule has 0 amide bonds. The van der Waals surface area contributed by atoms with Crippen LogP contribution in [0.15, 0.2) is 16.6 Å². The summed E-state index contributed by atoms with van der Waals surface area (Å²) in [6, 6.07) is 3.36. The Morgan fingerprint density at radius 3 is 2.80 bits per heavy atom. The fourth-order valence-electron chi connectivity index (χ4n) is 0.954. The molecule has 6 heteroatoms. The zero-order valence-electron chi connectivity index (χ0n) is 7.37. The van der Waals surface area contributed by atoms with Crippen LogP contribution in [0, 0.1) is 3.57 Å². The van der Waals surface area contributed by atoms with Crippen molar-refractivity contribution in [3.8, 4) is 5.75 Å². The third-order valence-electron chi connectivity index (χ3n) is 1.50. The SMILES string of the molecule is O=Cc1cc(I)cc(Br)c1OCC(=O)O. The number of benzene rings is 1. The highest BCUT2D eigenvalue weighted by Gasteiger charge is 2.10. The Morgan fingerprint density at radius 2 is 2.27 bits per heavy atom. The summed E-state index contributed by atoms with van der Waals surface area (Å²) < 4.78 is 6.43. The number of aliphatic carboxylic acids is 1. The highest BCUT2D eigenvalue weighted by molar-refractivity contribution is 14.1. The maximum absolute atomic E-state index is 10.7. The molecule has 0 bridgehead atoms. The van der Waals surface area contributed by atoms with Gasteiger partial charge in [-0.3, -0.25) is 4.79 Å². The van der Waals surface area contributed by atoms with Crippen LogP contribution < -0.4 is 4.74 Å². The van der Waals surface area contributed by atoms with Crippen LogP contribution in [-0.2, 0) is 4.79 Å². The van der Waals surface area contributed by atoms with E-state index in [2.05, 4.69) is 38.5 Å². The molecule has 0 saturated heterocycles. The van der Waals surface area contributed by atoms with Gasteiger partial charge in [0, 0.05) is 3.57 Å². The highest BCUT2D eigenvalue weighted by Crippen LogP contribution is 2.30. The van der Waals surface area contributed by atoms with Crippen LogP contribution in [0.25, 0.3) is 0 Å². The lowest BCUT2D eigenvalue weighted by atomic mass is 10.2. The number of hydrogen-bond donors (Lipinski definition) is 1. The minimum atomic E-state index is -1.09. The second kappa shape index (κ2) is 5.45. The molecular weight excluding hydrogens is 379 g/mol. The van der Waals surface area contributed by atoms with Crippen molar-refractivity contribution in [1.29, 1.82) is 0 Å². The van der Waals surface area contributed by atoms with Gasteiger partial charge in [0.05, 0.1) is 10.0 Å². The molecule has 0 aromatic heterocycles. The number of carbonyl (C=O) groups excluding carboxylic acids is 1. The van der Waals surface area contributed by atoms with Crippen LogP contribution in [0.5, 0.6) is 5.75 Å². The zero-order valence-corrected chi connectivity index (χ0v) is 11.1. The first-order chi connectivity index (χ1) is 7.04. The molecule has 1 aromatic rings. The average molecular weight is 385 g/mol. The summed E-state index contributed by atoms with van der Waals surface area (Å²) in [4.78, 5) is 21.0. The van der Waals surface area contributed by atoms with Crippen LogP contribution in [0.3, 0.4) is 0 Å². The summed E-state index contributed by atoms with van der Waals surface area (Å²) in [5.74, 6) is -0.829. The molecule has 1 rings (SSSR count). The van der Waals surface area contributed by atoms with Crippen LogP contribution in [0.2, 0.25) is 0 Å². The van der Waals surface area contributed by atoms with E-state index < -0.39 is 12.6 Å².